The Bertz CT molecular complexity index is 1360. The average molecular weight is 528 g/mol. The van der Waals surface area contributed by atoms with E-state index in [1.807, 2.05) is 60.0 Å². The predicted molar refractivity (Wildman–Crippen MR) is 149 cm³/mol. The summed E-state index contributed by atoms with van der Waals surface area (Å²) >= 11 is 1.54. The second kappa shape index (κ2) is 12.0. The molecule has 5 rings (SSSR count). The first-order valence-corrected chi connectivity index (χ1v) is 13.7. The second-order valence-corrected chi connectivity index (χ2v) is 10.4. The molecule has 0 bridgehead atoms. The maximum atomic E-state index is 13.8. The molecular weight excluding hydrogens is 497 g/mol. The molecule has 1 N–H and O–H groups in total. The molecule has 1 aromatic heterocycles. The Labute approximate surface area is 226 Å². The Morgan fingerprint density at radius 3 is 2.47 bits per heavy atom. The summed E-state index contributed by atoms with van der Waals surface area (Å²) in [6, 6.07) is 26.8. The molecule has 0 saturated heterocycles. The summed E-state index contributed by atoms with van der Waals surface area (Å²) in [6.45, 7) is 2.08. The standard InChI is InChI=1S/C31H30FN3O2S/c32-26-14-12-25(13-15-26)30(31(37)33-21-23-7-2-1-3-8-23)35(22-27-10-6-20-38-27)29(36)17-19-34-18-16-24-9-4-5-11-28(24)34/h1-15,20,30H,16-19,21-22H2,(H,33,37). The highest BCUT2D eigenvalue weighted by molar-refractivity contribution is 7.09. The van der Waals surface area contributed by atoms with Gasteiger partial charge in [0.15, 0.2) is 0 Å². The number of benzene rings is 3. The van der Waals surface area contributed by atoms with E-state index in [0.717, 1.165) is 23.4 Å². The molecule has 0 aliphatic carbocycles. The maximum absolute atomic E-state index is 13.8. The Balaban J connectivity index is 1.40. The SMILES string of the molecule is O=C(NCc1ccccc1)C(c1ccc(F)cc1)N(Cc1cccs1)C(=O)CCN1CCc2ccccc21. The highest BCUT2D eigenvalue weighted by atomic mass is 32.1. The van der Waals surface area contributed by atoms with E-state index < -0.39 is 6.04 Å². The van der Waals surface area contributed by atoms with E-state index in [4.69, 9.17) is 0 Å². The van der Waals surface area contributed by atoms with Crippen LogP contribution in [0.1, 0.15) is 34.0 Å². The Morgan fingerprint density at radius 1 is 0.947 bits per heavy atom. The van der Waals surface area contributed by atoms with Crippen molar-refractivity contribution in [3.8, 4) is 0 Å². The number of hydrogen-bond acceptors (Lipinski definition) is 4. The van der Waals surface area contributed by atoms with Crippen LogP contribution < -0.4 is 10.2 Å². The smallest absolute Gasteiger partial charge is 0.247 e. The molecule has 1 unspecified atom stereocenters. The van der Waals surface area contributed by atoms with Gasteiger partial charge in [-0.05, 0) is 52.8 Å². The number of carbonyl (C=O) groups is 2. The highest BCUT2D eigenvalue weighted by Gasteiger charge is 2.32. The van der Waals surface area contributed by atoms with E-state index in [1.54, 1.807) is 28.4 Å². The molecule has 1 atom stereocenters. The Morgan fingerprint density at radius 2 is 1.71 bits per heavy atom. The minimum Gasteiger partial charge on any atom is -0.370 e. The fourth-order valence-electron chi connectivity index (χ4n) is 4.91. The van der Waals surface area contributed by atoms with Crippen LogP contribution in [0, 0.1) is 5.82 Å². The van der Waals surface area contributed by atoms with Gasteiger partial charge in [-0.3, -0.25) is 9.59 Å². The van der Waals surface area contributed by atoms with Gasteiger partial charge in [-0.25, -0.2) is 4.39 Å². The fraction of sp³-hybridized carbons (Fsp3) is 0.226. The maximum Gasteiger partial charge on any atom is 0.247 e. The molecule has 3 aromatic carbocycles. The number of nitrogens with one attached hydrogen (secondary N) is 1. The Kier molecular flexibility index (Phi) is 8.14. The number of para-hydroxylation sites is 1. The molecule has 0 saturated carbocycles. The first-order valence-electron chi connectivity index (χ1n) is 12.8. The fourth-order valence-corrected chi connectivity index (χ4v) is 5.61. The van der Waals surface area contributed by atoms with Crippen LogP contribution in [0.5, 0.6) is 0 Å². The molecule has 0 spiro atoms. The van der Waals surface area contributed by atoms with E-state index in [9.17, 15) is 14.0 Å². The number of halogens is 1. The monoisotopic (exact) mass is 527 g/mol. The molecule has 194 valence electrons. The van der Waals surface area contributed by atoms with Crippen molar-refractivity contribution < 1.29 is 14.0 Å². The third-order valence-electron chi connectivity index (χ3n) is 6.86. The first kappa shape index (κ1) is 25.7. The van der Waals surface area contributed by atoms with Gasteiger partial charge in [-0.15, -0.1) is 11.3 Å². The summed E-state index contributed by atoms with van der Waals surface area (Å²) in [7, 11) is 0. The number of hydrogen-bond donors (Lipinski definition) is 1. The number of fused-ring (bicyclic) bond motifs is 1. The third-order valence-corrected chi connectivity index (χ3v) is 7.72. The van der Waals surface area contributed by atoms with Crippen molar-refractivity contribution in [2.45, 2.75) is 32.0 Å². The molecule has 38 heavy (non-hydrogen) atoms. The van der Waals surface area contributed by atoms with Crippen molar-refractivity contribution in [3.05, 3.63) is 124 Å². The van der Waals surface area contributed by atoms with E-state index in [-0.39, 0.29) is 24.1 Å². The largest absolute Gasteiger partial charge is 0.370 e. The lowest BCUT2D eigenvalue weighted by atomic mass is 10.0. The number of rotatable bonds is 10. The number of thiophene rings is 1. The molecule has 1 aliphatic rings. The van der Waals surface area contributed by atoms with E-state index in [1.165, 1.54) is 23.4 Å². The molecule has 1 aliphatic heterocycles. The van der Waals surface area contributed by atoms with Crippen LogP contribution >= 0.6 is 11.3 Å². The van der Waals surface area contributed by atoms with Crippen molar-refractivity contribution in [1.82, 2.24) is 10.2 Å². The first-order chi connectivity index (χ1) is 18.6. The van der Waals surface area contributed by atoms with Crippen LogP contribution in [0.4, 0.5) is 10.1 Å². The van der Waals surface area contributed by atoms with Crippen LogP contribution in [0.25, 0.3) is 0 Å². The average Bonchev–Trinajstić information content (AvgIpc) is 3.62. The summed E-state index contributed by atoms with van der Waals surface area (Å²) < 4.78 is 13.8. The van der Waals surface area contributed by atoms with Crippen LogP contribution in [-0.4, -0.2) is 29.8 Å². The second-order valence-electron chi connectivity index (χ2n) is 9.37. The van der Waals surface area contributed by atoms with Gasteiger partial charge in [0, 0.05) is 36.6 Å². The zero-order valence-corrected chi connectivity index (χ0v) is 21.9. The molecule has 4 aromatic rings. The minimum atomic E-state index is -0.889. The number of amides is 2. The number of carbonyl (C=O) groups excluding carboxylic acids is 2. The molecule has 0 radical (unpaired) electrons. The highest BCUT2D eigenvalue weighted by Crippen LogP contribution is 2.29. The van der Waals surface area contributed by atoms with Crippen molar-refractivity contribution in [2.24, 2.45) is 0 Å². The topological polar surface area (TPSA) is 52.7 Å². The van der Waals surface area contributed by atoms with Gasteiger partial charge in [-0.1, -0.05) is 66.7 Å². The summed E-state index contributed by atoms with van der Waals surface area (Å²) in [6.07, 6.45) is 1.23. The zero-order valence-electron chi connectivity index (χ0n) is 21.1. The van der Waals surface area contributed by atoms with Crippen LogP contribution in [0.15, 0.2) is 96.4 Å². The molecular formula is C31H30FN3O2S. The quantitative estimate of drug-likeness (QED) is 0.287. The molecule has 2 amide bonds. The van der Waals surface area contributed by atoms with Gasteiger partial charge in [0.25, 0.3) is 0 Å². The van der Waals surface area contributed by atoms with Gasteiger partial charge in [0.2, 0.25) is 11.8 Å². The summed E-state index contributed by atoms with van der Waals surface area (Å²) in [5.41, 5.74) is 4.00. The lowest BCUT2D eigenvalue weighted by Crippen LogP contribution is -2.44. The van der Waals surface area contributed by atoms with Gasteiger partial charge >= 0.3 is 0 Å². The predicted octanol–water partition coefficient (Wildman–Crippen LogP) is 5.73. The van der Waals surface area contributed by atoms with Crippen LogP contribution in [-0.2, 0) is 29.1 Å². The minimum absolute atomic E-state index is 0.119. The Hall–Kier alpha value is -3.97. The van der Waals surface area contributed by atoms with Gasteiger partial charge in [0.1, 0.15) is 11.9 Å². The molecule has 5 nitrogen and oxygen atoms in total. The van der Waals surface area contributed by atoms with E-state index in [0.29, 0.717) is 25.2 Å². The molecule has 0 fully saturated rings. The zero-order chi connectivity index (χ0) is 26.3. The van der Waals surface area contributed by atoms with E-state index >= 15 is 0 Å². The number of nitrogens with zero attached hydrogens (tertiary/aromatic N) is 2. The van der Waals surface area contributed by atoms with E-state index in [2.05, 4.69) is 22.3 Å². The van der Waals surface area contributed by atoms with Crippen LogP contribution in [0.2, 0.25) is 0 Å². The van der Waals surface area contributed by atoms with Crippen molar-refractivity contribution in [3.63, 3.8) is 0 Å². The third kappa shape index (κ3) is 6.11. The number of anilines is 1. The molecule has 7 heteroatoms. The molecule has 2 heterocycles. The summed E-state index contributed by atoms with van der Waals surface area (Å²) in [4.78, 5) is 32.4. The van der Waals surface area contributed by atoms with Crippen molar-refractivity contribution >= 4 is 28.8 Å². The van der Waals surface area contributed by atoms with Gasteiger partial charge in [0.05, 0.1) is 6.54 Å². The van der Waals surface area contributed by atoms with Gasteiger partial charge < -0.3 is 15.1 Å². The normalized spacial score (nSPS) is 13.1. The lowest BCUT2D eigenvalue weighted by molar-refractivity contribution is -0.141. The summed E-state index contributed by atoms with van der Waals surface area (Å²) in [5, 5.41) is 4.96. The van der Waals surface area contributed by atoms with Crippen LogP contribution in [0.3, 0.4) is 0 Å². The van der Waals surface area contributed by atoms with Gasteiger partial charge in [-0.2, -0.15) is 0 Å². The summed E-state index contributed by atoms with van der Waals surface area (Å²) in [5.74, 6) is -0.801. The van der Waals surface area contributed by atoms with Crippen molar-refractivity contribution in [1.29, 1.82) is 0 Å². The lowest BCUT2D eigenvalue weighted by Gasteiger charge is -2.32. The van der Waals surface area contributed by atoms with Crippen molar-refractivity contribution in [2.75, 3.05) is 18.0 Å².